The van der Waals surface area contributed by atoms with Gasteiger partial charge in [-0.15, -0.1) is 16.4 Å². The third-order valence-electron chi connectivity index (χ3n) is 2.34. The van der Waals surface area contributed by atoms with Gasteiger partial charge in [-0.25, -0.2) is 4.68 Å². The number of hydrogen-bond acceptors (Lipinski definition) is 4. The molecule has 2 N–H and O–H groups in total. The molecule has 0 aromatic carbocycles. The lowest BCUT2D eigenvalue weighted by Gasteiger charge is -2.01. The zero-order valence-corrected chi connectivity index (χ0v) is 11.3. The van der Waals surface area contributed by atoms with Crippen molar-refractivity contribution in [3.05, 3.63) is 32.7 Å². The summed E-state index contributed by atoms with van der Waals surface area (Å²) in [4.78, 5) is 0. The minimum absolute atomic E-state index is 0.0111. The van der Waals surface area contributed by atoms with Crippen molar-refractivity contribution in [3.63, 3.8) is 0 Å². The number of hydrogen-bond donors (Lipinski definition) is 1. The molecule has 86 valence electrons. The summed E-state index contributed by atoms with van der Waals surface area (Å²) in [6, 6.07) is 2.08. The van der Waals surface area contributed by atoms with Crippen molar-refractivity contribution in [2.45, 2.75) is 25.9 Å². The van der Waals surface area contributed by atoms with E-state index in [9.17, 15) is 0 Å². The third-order valence-corrected chi connectivity index (χ3v) is 3.90. The van der Waals surface area contributed by atoms with Crippen LogP contribution in [0.15, 0.2) is 21.4 Å². The van der Waals surface area contributed by atoms with Crippen molar-refractivity contribution in [1.82, 2.24) is 15.0 Å². The number of rotatable bonds is 4. The second kappa shape index (κ2) is 5.07. The maximum Gasteiger partial charge on any atom is 0.0994 e. The van der Waals surface area contributed by atoms with E-state index in [1.54, 1.807) is 11.3 Å². The molecular formula is C10H13BrN4S. The van der Waals surface area contributed by atoms with Gasteiger partial charge in [-0.05, 0) is 39.4 Å². The zero-order valence-electron chi connectivity index (χ0n) is 8.93. The molecule has 2 aromatic rings. The highest BCUT2D eigenvalue weighted by atomic mass is 79.9. The van der Waals surface area contributed by atoms with Gasteiger partial charge in [-0.2, -0.15) is 0 Å². The van der Waals surface area contributed by atoms with Crippen molar-refractivity contribution in [2.24, 2.45) is 5.73 Å². The maximum atomic E-state index is 5.88. The van der Waals surface area contributed by atoms with Crippen molar-refractivity contribution in [1.29, 1.82) is 0 Å². The van der Waals surface area contributed by atoms with Crippen LogP contribution in [0.1, 0.15) is 30.6 Å². The molecule has 0 fully saturated rings. The number of nitrogens with two attached hydrogens (primary N) is 1. The molecule has 4 nitrogen and oxygen atoms in total. The molecule has 0 saturated heterocycles. The molecule has 0 aliphatic rings. The molecule has 6 heteroatoms. The van der Waals surface area contributed by atoms with E-state index in [1.807, 2.05) is 17.8 Å². The average Bonchev–Trinajstić information content (AvgIpc) is 2.87. The molecule has 2 heterocycles. The Hall–Kier alpha value is -0.720. The van der Waals surface area contributed by atoms with Crippen LogP contribution in [0.3, 0.4) is 0 Å². The fraction of sp³-hybridized carbons (Fsp3) is 0.400. The van der Waals surface area contributed by atoms with Gasteiger partial charge in [0.25, 0.3) is 0 Å². The monoisotopic (exact) mass is 300 g/mol. The van der Waals surface area contributed by atoms with Crippen LogP contribution in [-0.4, -0.2) is 15.0 Å². The van der Waals surface area contributed by atoms with Gasteiger partial charge >= 0.3 is 0 Å². The largest absolute Gasteiger partial charge is 0.323 e. The lowest BCUT2D eigenvalue weighted by Crippen LogP contribution is -2.08. The Morgan fingerprint density at radius 3 is 3.06 bits per heavy atom. The second-order valence-corrected chi connectivity index (χ2v) is 5.91. The van der Waals surface area contributed by atoms with E-state index in [0.717, 1.165) is 22.4 Å². The van der Waals surface area contributed by atoms with Gasteiger partial charge in [0.15, 0.2) is 0 Å². The molecule has 2 rings (SSSR count). The van der Waals surface area contributed by atoms with Crippen LogP contribution in [0.2, 0.25) is 0 Å². The van der Waals surface area contributed by atoms with Gasteiger partial charge < -0.3 is 5.73 Å². The third kappa shape index (κ3) is 2.69. The van der Waals surface area contributed by atoms with Crippen LogP contribution < -0.4 is 5.73 Å². The second-order valence-electron chi connectivity index (χ2n) is 3.61. The molecule has 16 heavy (non-hydrogen) atoms. The van der Waals surface area contributed by atoms with Crippen molar-refractivity contribution in [2.75, 3.05) is 0 Å². The summed E-state index contributed by atoms with van der Waals surface area (Å²) in [6.07, 6.45) is 2.79. The molecule has 0 amide bonds. The Labute approximate surface area is 107 Å². The highest BCUT2D eigenvalue weighted by Gasteiger charge is 2.08. The van der Waals surface area contributed by atoms with Crippen molar-refractivity contribution >= 4 is 27.3 Å². The summed E-state index contributed by atoms with van der Waals surface area (Å²) in [5.41, 5.74) is 7.96. The van der Waals surface area contributed by atoms with Gasteiger partial charge in [0.1, 0.15) is 0 Å². The van der Waals surface area contributed by atoms with Crippen LogP contribution in [-0.2, 0) is 6.54 Å². The number of nitrogens with zero attached hydrogens (tertiary/aromatic N) is 3. The van der Waals surface area contributed by atoms with E-state index in [4.69, 9.17) is 5.73 Å². The van der Waals surface area contributed by atoms with E-state index < -0.39 is 0 Å². The first-order valence-corrected chi connectivity index (χ1v) is 6.75. The van der Waals surface area contributed by atoms with E-state index in [1.165, 1.54) is 5.56 Å². The highest BCUT2D eigenvalue weighted by molar-refractivity contribution is 9.11. The van der Waals surface area contributed by atoms with Gasteiger partial charge in [-0.1, -0.05) is 12.1 Å². The number of thiophene rings is 1. The molecule has 0 aliphatic carbocycles. The van der Waals surface area contributed by atoms with Gasteiger partial charge in [0.2, 0.25) is 0 Å². The summed E-state index contributed by atoms with van der Waals surface area (Å²) in [5, 5.41) is 10.2. The molecule has 0 saturated carbocycles. The molecule has 0 aliphatic heterocycles. The molecule has 0 spiro atoms. The molecule has 1 unspecified atom stereocenters. The Kier molecular flexibility index (Phi) is 3.73. The molecule has 0 radical (unpaired) electrons. The summed E-state index contributed by atoms with van der Waals surface area (Å²) in [5.74, 6) is 0. The Balaban J connectivity index is 2.08. The van der Waals surface area contributed by atoms with Crippen LogP contribution >= 0.6 is 27.3 Å². The van der Waals surface area contributed by atoms with E-state index in [2.05, 4.69) is 37.7 Å². The Morgan fingerprint density at radius 1 is 1.62 bits per heavy atom. The normalized spacial score (nSPS) is 12.9. The van der Waals surface area contributed by atoms with Gasteiger partial charge in [-0.3, -0.25) is 0 Å². The molecule has 0 bridgehead atoms. The van der Waals surface area contributed by atoms with Crippen LogP contribution in [0.25, 0.3) is 0 Å². The van der Waals surface area contributed by atoms with Crippen molar-refractivity contribution < 1.29 is 0 Å². The zero-order chi connectivity index (χ0) is 11.5. The first-order valence-electron chi connectivity index (χ1n) is 5.07. The van der Waals surface area contributed by atoms with E-state index >= 15 is 0 Å². The average molecular weight is 301 g/mol. The van der Waals surface area contributed by atoms with Gasteiger partial charge in [0.05, 0.1) is 28.3 Å². The highest BCUT2D eigenvalue weighted by Crippen LogP contribution is 2.21. The van der Waals surface area contributed by atoms with Crippen LogP contribution in [0.5, 0.6) is 0 Å². The van der Waals surface area contributed by atoms with Crippen LogP contribution in [0, 0.1) is 0 Å². The topological polar surface area (TPSA) is 56.7 Å². The van der Waals surface area contributed by atoms with Crippen molar-refractivity contribution in [3.8, 4) is 0 Å². The summed E-state index contributed by atoms with van der Waals surface area (Å²) in [7, 11) is 0. The van der Waals surface area contributed by atoms with Gasteiger partial charge in [0, 0.05) is 0 Å². The molecule has 2 aromatic heterocycles. The smallest absolute Gasteiger partial charge is 0.0994 e. The Morgan fingerprint density at radius 2 is 2.44 bits per heavy atom. The fourth-order valence-electron chi connectivity index (χ4n) is 1.39. The molecule has 1 atom stereocenters. The summed E-state index contributed by atoms with van der Waals surface area (Å²) < 4.78 is 2.95. The minimum atomic E-state index is -0.0111. The quantitative estimate of drug-likeness (QED) is 0.944. The van der Waals surface area contributed by atoms with Crippen LogP contribution in [0.4, 0.5) is 0 Å². The Bertz CT molecular complexity index is 465. The molecular weight excluding hydrogens is 288 g/mol. The van der Waals surface area contributed by atoms with E-state index in [0.29, 0.717) is 0 Å². The standard InChI is InChI=1S/C10H13BrN4S/c1-2-8(12)9-5-15(14-13-9)4-7-3-10(11)16-6-7/h3,5-6,8H,2,4,12H2,1H3. The van der Waals surface area contributed by atoms with E-state index in [-0.39, 0.29) is 6.04 Å². The fourth-order valence-corrected chi connectivity index (χ4v) is 2.59. The lowest BCUT2D eigenvalue weighted by atomic mass is 10.2. The summed E-state index contributed by atoms with van der Waals surface area (Å²) >= 11 is 5.11. The SMILES string of the molecule is CCC(N)c1cn(Cc2csc(Br)c2)nn1. The number of aromatic nitrogens is 3. The minimum Gasteiger partial charge on any atom is -0.323 e. The predicted octanol–water partition coefficient (Wildman–Crippen LogP) is 2.56. The summed E-state index contributed by atoms with van der Waals surface area (Å²) in [6.45, 7) is 2.78. The lowest BCUT2D eigenvalue weighted by molar-refractivity contribution is 0.645. The first-order chi connectivity index (χ1) is 7.69. The predicted molar refractivity (Wildman–Crippen MR) is 68.4 cm³/mol. The maximum absolute atomic E-state index is 5.88. The number of halogens is 1. The first kappa shape index (κ1) is 11.8.